The molecule has 1 aromatic heterocycles. The number of nitrogens with one attached hydrogen (secondary N) is 1. The van der Waals surface area contributed by atoms with Crippen LogP contribution in [0.2, 0.25) is 0 Å². The molecule has 2 aromatic rings. The number of fused-ring (bicyclic) bond motifs is 1. The van der Waals surface area contributed by atoms with E-state index in [4.69, 9.17) is 4.74 Å². The summed E-state index contributed by atoms with van der Waals surface area (Å²) in [7, 11) is 0. The molecule has 0 aliphatic heterocycles. The number of pyridine rings is 1. The number of carbonyl (C=O) groups excluding carboxylic acids is 1. The van der Waals surface area contributed by atoms with Gasteiger partial charge in [0.2, 0.25) is 5.43 Å². The van der Waals surface area contributed by atoms with Crippen molar-refractivity contribution in [2.45, 2.75) is 20.3 Å². The fraction of sp³-hybridized carbons (Fsp3) is 0.250. The lowest BCUT2D eigenvalue weighted by atomic mass is 10.0. The first-order valence-electron chi connectivity index (χ1n) is 6.52. The fourth-order valence-electron chi connectivity index (χ4n) is 2.20. The predicted molar refractivity (Wildman–Crippen MR) is 79.2 cm³/mol. The number of ether oxygens (including phenoxy) is 1. The van der Waals surface area contributed by atoms with Crippen molar-refractivity contribution in [1.29, 1.82) is 0 Å². The van der Waals surface area contributed by atoms with E-state index in [1.807, 2.05) is 12.1 Å². The summed E-state index contributed by atoms with van der Waals surface area (Å²) in [5.41, 5.74) is 2.01. The largest absolute Gasteiger partial charge is 0.462 e. The summed E-state index contributed by atoms with van der Waals surface area (Å²) in [6.45, 7) is 7.34. The average molecular weight is 271 g/mol. The van der Waals surface area contributed by atoms with Crippen LogP contribution >= 0.6 is 0 Å². The molecule has 4 heteroatoms. The Morgan fingerprint density at radius 1 is 1.45 bits per heavy atom. The SMILES string of the molecule is C=CCc1ccc2[nH]c(C)c(C(=O)OCC)c(=O)c2c1. The van der Waals surface area contributed by atoms with Crippen molar-refractivity contribution in [3.63, 3.8) is 0 Å². The van der Waals surface area contributed by atoms with Crippen molar-refractivity contribution < 1.29 is 9.53 Å². The van der Waals surface area contributed by atoms with E-state index in [0.717, 1.165) is 5.56 Å². The Kier molecular flexibility index (Phi) is 4.03. The number of hydrogen-bond donors (Lipinski definition) is 1. The van der Waals surface area contributed by atoms with Crippen molar-refractivity contribution >= 4 is 16.9 Å². The maximum absolute atomic E-state index is 12.5. The van der Waals surface area contributed by atoms with Crippen LogP contribution in [0.1, 0.15) is 28.5 Å². The van der Waals surface area contributed by atoms with Gasteiger partial charge in [-0.15, -0.1) is 6.58 Å². The summed E-state index contributed by atoms with van der Waals surface area (Å²) in [5, 5.41) is 0.498. The second kappa shape index (κ2) is 5.74. The van der Waals surface area contributed by atoms with E-state index in [-0.39, 0.29) is 17.6 Å². The Morgan fingerprint density at radius 3 is 2.85 bits per heavy atom. The number of hydrogen-bond acceptors (Lipinski definition) is 3. The maximum Gasteiger partial charge on any atom is 0.343 e. The lowest BCUT2D eigenvalue weighted by molar-refractivity contribution is 0.0524. The lowest BCUT2D eigenvalue weighted by Gasteiger charge is -2.08. The number of benzene rings is 1. The predicted octanol–water partition coefficient (Wildman–Crippen LogP) is 2.74. The van der Waals surface area contributed by atoms with Crippen LogP contribution in [0.15, 0.2) is 35.6 Å². The zero-order valence-electron chi connectivity index (χ0n) is 11.7. The van der Waals surface area contributed by atoms with Crippen molar-refractivity contribution in [2.24, 2.45) is 0 Å². The number of carbonyl (C=O) groups is 1. The van der Waals surface area contributed by atoms with Gasteiger partial charge in [0.15, 0.2) is 0 Å². The monoisotopic (exact) mass is 271 g/mol. The first-order valence-corrected chi connectivity index (χ1v) is 6.52. The van der Waals surface area contributed by atoms with Gasteiger partial charge in [0.05, 0.1) is 6.61 Å². The molecule has 0 bridgehead atoms. The third-order valence-electron chi connectivity index (χ3n) is 3.11. The van der Waals surface area contributed by atoms with E-state index in [1.165, 1.54) is 0 Å². The summed E-state index contributed by atoms with van der Waals surface area (Å²) in [4.78, 5) is 27.4. The van der Waals surface area contributed by atoms with E-state index in [9.17, 15) is 9.59 Å². The van der Waals surface area contributed by atoms with Gasteiger partial charge in [-0.3, -0.25) is 4.79 Å². The smallest absolute Gasteiger partial charge is 0.343 e. The summed E-state index contributed by atoms with van der Waals surface area (Å²) >= 11 is 0. The summed E-state index contributed by atoms with van der Waals surface area (Å²) < 4.78 is 4.94. The molecule has 0 saturated heterocycles. The molecule has 0 aliphatic rings. The molecular weight excluding hydrogens is 254 g/mol. The van der Waals surface area contributed by atoms with Gasteiger partial charge in [-0.2, -0.15) is 0 Å². The van der Waals surface area contributed by atoms with Crippen LogP contribution < -0.4 is 5.43 Å². The minimum Gasteiger partial charge on any atom is -0.462 e. The van der Waals surface area contributed by atoms with Gasteiger partial charge >= 0.3 is 5.97 Å². The van der Waals surface area contributed by atoms with Crippen LogP contribution in [0.4, 0.5) is 0 Å². The molecule has 20 heavy (non-hydrogen) atoms. The second-order valence-electron chi connectivity index (χ2n) is 4.55. The van der Waals surface area contributed by atoms with Crippen LogP contribution in [0.5, 0.6) is 0 Å². The molecule has 0 saturated carbocycles. The molecule has 1 N–H and O–H groups in total. The third-order valence-corrected chi connectivity index (χ3v) is 3.11. The van der Waals surface area contributed by atoms with Gasteiger partial charge in [-0.25, -0.2) is 4.79 Å². The Labute approximate surface area is 117 Å². The van der Waals surface area contributed by atoms with Gasteiger partial charge in [-0.1, -0.05) is 12.1 Å². The van der Waals surface area contributed by atoms with E-state index >= 15 is 0 Å². The van der Waals surface area contributed by atoms with Gasteiger partial charge < -0.3 is 9.72 Å². The first-order chi connectivity index (χ1) is 9.58. The molecule has 0 atom stereocenters. The van der Waals surface area contributed by atoms with E-state index < -0.39 is 5.97 Å². The number of H-pyrrole nitrogens is 1. The summed E-state index contributed by atoms with van der Waals surface area (Å²) in [6, 6.07) is 5.57. The Hall–Kier alpha value is -2.36. The standard InChI is InChI=1S/C16H17NO3/c1-4-6-11-7-8-13-12(9-11)15(18)14(10(3)17-13)16(19)20-5-2/h4,7-9H,1,5-6H2,2-3H3,(H,17,18). The van der Waals surface area contributed by atoms with Crippen LogP contribution in [0, 0.1) is 6.92 Å². The number of aromatic amines is 1. The highest BCUT2D eigenvalue weighted by Gasteiger charge is 2.17. The molecule has 1 heterocycles. The molecule has 0 unspecified atom stereocenters. The number of allylic oxidation sites excluding steroid dienone is 1. The Morgan fingerprint density at radius 2 is 2.20 bits per heavy atom. The topological polar surface area (TPSA) is 59.2 Å². The molecule has 4 nitrogen and oxygen atoms in total. The minimum atomic E-state index is -0.581. The number of rotatable bonds is 4. The van der Waals surface area contributed by atoms with Crippen molar-refractivity contribution in [2.75, 3.05) is 6.61 Å². The molecule has 104 valence electrons. The number of aromatic nitrogens is 1. The highest BCUT2D eigenvalue weighted by atomic mass is 16.5. The number of esters is 1. The van der Waals surface area contributed by atoms with Crippen LogP contribution in [-0.2, 0) is 11.2 Å². The second-order valence-corrected chi connectivity index (χ2v) is 4.55. The van der Waals surface area contributed by atoms with Gasteiger partial charge in [0, 0.05) is 16.6 Å². The van der Waals surface area contributed by atoms with Gasteiger partial charge in [0.25, 0.3) is 0 Å². The lowest BCUT2D eigenvalue weighted by Crippen LogP contribution is -2.20. The van der Waals surface area contributed by atoms with Crippen molar-refractivity contribution in [3.8, 4) is 0 Å². The molecule has 0 fully saturated rings. The van der Waals surface area contributed by atoms with Gasteiger partial charge in [0.1, 0.15) is 5.56 Å². The molecule has 0 radical (unpaired) electrons. The molecule has 0 amide bonds. The van der Waals surface area contributed by atoms with Crippen molar-refractivity contribution in [3.05, 3.63) is 57.9 Å². The molecule has 0 spiro atoms. The van der Waals surface area contributed by atoms with E-state index in [1.54, 1.807) is 26.0 Å². The minimum absolute atomic E-state index is 0.0788. The average Bonchev–Trinajstić information content (AvgIpc) is 2.40. The quantitative estimate of drug-likeness (QED) is 0.687. The highest BCUT2D eigenvalue weighted by molar-refractivity contribution is 5.95. The zero-order valence-corrected chi connectivity index (χ0v) is 11.7. The normalized spacial score (nSPS) is 10.5. The summed E-state index contributed by atoms with van der Waals surface area (Å²) in [6.07, 6.45) is 2.45. The van der Waals surface area contributed by atoms with E-state index in [2.05, 4.69) is 11.6 Å². The third kappa shape index (κ3) is 2.50. The van der Waals surface area contributed by atoms with E-state index in [0.29, 0.717) is 23.0 Å². The summed E-state index contributed by atoms with van der Waals surface area (Å²) in [5.74, 6) is -0.581. The van der Waals surface area contributed by atoms with Gasteiger partial charge in [-0.05, 0) is 38.0 Å². The molecular formula is C16H17NO3. The van der Waals surface area contributed by atoms with Crippen LogP contribution in [0.25, 0.3) is 10.9 Å². The molecule has 0 aliphatic carbocycles. The molecule has 1 aromatic carbocycles. The van der Waals surface area contributed by atoms with Crippen LogP contribution in [-0.4, -0.2) is 17.6 Å². The van der Waals surface area contributed by atoms with Crippen molar-refractivity contribution in [1.82, 2.24) is 4.98 Å². The first kappa shape index (κ1) is 14.1. The number of aryl methyl sites for hydroxylation is 1. The molecule has 2 rings (SSSR count). The maximum atomic E-state index is 12.5. The highest BCUT2D eigenvalue weighted by Crippen LogP contribution is 2.15. The fourth-order valence-corrected chi connectivity index (χ4v) is 2.20. The van der Waals surface area contributed by atoms with Crippen LogP contribution in [0.3, 0.4) is 0 Å². The Balaban J connectivity index is 2.68. The Bertz CT molecular complexity index is 728. The zero-order chi connectivity index (χ0) is 14.7.